The zero-order valence-corrected chi connectivity index (χ0v) is 20.1. The summed E-state index contributed by atoms with van der Waals surface area (Å²) in [5, 5.41) is 6.27. The Morgan fingerprint density at radius 3 is 2.33 bits per heavy atom. The van der Waals surface area contributed by atoms with Gasteiger partial charge >= 0.3 is 0 Å². The maximum Gasteiger partial charge on any atom is 0.213 e. The highest BCUT2D eigenvalue weighted by atomic mass is 35.5. The highest BCUT2D eigenvalue weighted by Gasteiger charge is 2.10. The predicted molar refractivity (Wildman–Crippen MR) is 129 cm³/mol. The minimum atomic E-state index is 0.594. The van der Waals surface area contributed by atoms with Crippen LogP contribution in [-0.4, -0.2) is 26.9 Å². The highest BCUT2D eigenvalue weighted by molar-refractivity contribution is 6.31. The number of rotatable bonds is 3. The number of methoxy groups -OCH3 is 1. The molecule has 1 aromatic carbocycles. The lowest BCUT2D eigenvalue weighted by Gasteiger charge is -2.06. The van der Waals surface area contributed by atoms with Crippen LogP contribution in [0.3, 0.4) is 0 Å². The van der Waals surface area contributed by atoms with Gasteiger partial charge in [0.25, 0.3) is 0 Å². The number of benzene rings is 1. The third-order valence-electron chi connectivity index (χ3n) is 3.99. The molecule has 6 heteroatoms. The minimum Gasteiger partial charge on any atom is -0.481 e. The molecule has 0 spiro atoms. The largest absolute Gasteiger partial charge is 0.481 e. The maximum atomic E-state index is 6.04. The van der Waals surface area contributed by atoms with Crippen molar-refractivity contribution in [3.63, 3.8) is 0 Å². The Kier molecular flexibility index (Phi) is 10.8. The van der Waals surface area contributed by atoms with E-state index in [0.717, 1.165) is 33.2 Å². The molecule has 3 heterocycles. The molecule has 0 saturated carbocycles. The smallest absolute Gasteiger partial charge is 0.213 e. The van der Waals surface area contributed by atoms with Crippen molar-refractivity contribution in [1.82, 2.24) is 19.7 Å². The van der Waals surface area contributed by atoms with Crippen molar-refractivity contribution in [3.8, 4) is 5.88 Å². The topological polar surface area (TPSA) is 52.8 Å². The molecule has 4 rings (SSSR count). The second kappa shape index (κ2) is 12.8. The molecule has 3 aromatic heterocycles. The molecule has 30 heavy (non-hydrogen) atoms. The van der Waals surface area contributed by atoms with E-state index < -0.39 is 0 Å². The number of aryl methyl sites for hydroxylation is 1. The predicted octanol–water partition coefficient (Wildman–Crippen LogP) is 7.08. The normalized spacial score (nSPS) is 9.63. The summed E-state index contributed by atoms with van der Waals surface area (Å²) in [7, 11) is 1.61. The van der Waals surface area contributed by atoms with Gasteiger partial charge in [0.15, 0.2) is 0 Å². The van der Waals surface area contributed by atoms with Gasteiger partial charge in [-0.3, -0.25) is 9.67 Å². The molecule has 0 atom stereocenters. The van der Waals surface area contributed by atoms with Crippen molar-refractivity contribution in [2.24, 2.45) is 0 Å². The van der Waals surface area contributed by atoms with Gasteiger partial charge in [0, 0.05) is 17.6 Å². The van der Waals surface area contributed by atoms with Crippen LogP contribution in [0.1, 0.15) is 52.8 Å². The number of hydrogen-bond donors (Lipinski definition) is 0. The summed E-state index contributed by atoms with van der Waals surface area (Å²) in [6, 6.07) is 11.9. The van der Waals surface area contributed by atoms with Crippen molar-refractivity contribution in [2.45, 2.75) is 55.0 Å². The first-order chi connectivity index (χ1) is 14.6. The van der Waals surface area contributed by atoms with Crippen LogP contribution < -0.4 is 4.74 Å². The second-order valence-electron chi connectivity index (χ2n) is 5.64. The molecule has 0 radical (unpaired) electrons. The molecule has 162 valence electrons. The van der Waals surface area contributed by atoms with Gasteiger partial charge in [0.05, 0.1) is 35.4 Å². The monoisotopic (exact) mass is 428 g/mol. The molecule has 0 N–H and O–H groups in total. The van der Waals surface area contributed by atoms with Crippen molar-refractivity contribution in [3.05, 3.63) is 58.9 Å². The van der Waals surface area contributed by atoms with E-state index in [1.54, 1.807) is 13.3 Å². The van der Waals surface area contributed by atoms with E-state index in [2.05, 4.69) is 27.2 Å². The van der Waals surface area contributed by atoms with E-state index in [-0.39, 0.29) is 0 Å². The van der Waals surface area contributed by atoms with Crippen LogP contribution in [0.4, 0.5) is 0 Å². The van der Waals surface area contributed by atoms with Crippen molar-refractivity contribution in [2.75, 3.05) is 7.11 Å². The second-order valence-corrected chi connectivity index (χ2v) is 6.08. The van der Waals surface area contributed by atoms with E-state index in [0.29, 0.717) is 17.4 Å². The third kappa shape index (κ3) is 5.92. The van der Waals surface area contributed by atoms with Crippen LogP contribution in [0.15, 0.2) is 42.6 Å². The molecule has 4 aromatic rings. The van der Waals surface area contributed by atoms with Crippen molar-refractivity contribution >= 4 is 33.5 Å². The SMILES string of the molecule is CC.CC.CC.COc1ccc2c(n1)c(C)nn2Cc1ccc2ncc(Cl)cc2c1. The minimum absolute atomic E-state index is 0.594. The molecule has 0 bridgehead atoms. The average molecular weight is 429 g/mol. The van der Waals surface area contributed by atoms with Crippen molar-refractivity contribution in [1.29, 1.82) is 0 Å². The quantitative estimate of drug-likeness (QED) is 0.350. The molecular formula is C24H33ClN4O. The lowest BCUT2D eigenvalue weighted by molar-refractivity contribution is 0.399. The van der Waals surface area contributed by atoms with Gasteiger partial charge in [-0.1, -0.05) is 59.2 Å². The fourth-order valence-corrected chi connectivity index (χ4v) is 3.02. The number of halogens is 1. The van der Waals surface area contributed by atoms with Gasteiger partial charge in [-0.25, -0.2) is 4.98 Å². The Morgan fingerprint density at radius 1 is 0.967 bits per heavy atom. The molecule has 0 amide bonds. The fraction of sp³-hybridized carbons (Fsp3) is 0.375. The zero-order chi connectivity index (χ0) is 22.7. The number of fused-ring (bicyclic) bond motifs is 2. The first-order valence-electron chi connectivity index (χ1n) is 10.6. The summed E-state index contributed by atoms with van der Waals surface area (Å²) in [5.41, 5.74) is 4.79. The number of nitrogens with zero attached hydrogens (tertiary/aromatic N) is 4. The lowest BCUT2D eigenvalue weighted by Crippen LogP contribution is -2.02. The first-order valence-corrected chi connectivity index (χ1v) is 10.9. The van der Waals surface area contributed by atoms with E-state index in [4.69, 9.17) is 16.3 Å². The Bertz CT molecular complexity index is 1060. The zero-order valence-electron chi connectivity index (χ0n) is 19.3. The Hall–Kier alpha value is -2.66. The molecular weight excluding hydrogens is 396 g/mol. The summed E-state index contributed by atoms with van der Waals surface area (Å²) in [6.45, 7) is 14.6. The van der Waals surface area contributed by atoms with Crippen LogP contribution in [0.5, 0.6) is 5.88 Å². The van der Waals surface area contributed by atoms with E-state index in [1.165, 1.54) is 0 Å². The summed E-state index contributed by atoms with van der Waals surface area (Å²) in [5.74, 6) is 0.594. The van der Waals surface area contributed by atoms with E-state index in [1.807, 2.05) is 77.4 Å². The van der Waals surface area contributed by atoms with Gasteiger partial charge in [-0.2, -0.15) is 5.10 Å². The molecule has 0 aliphatic rings. The van der Waals surface area contributed by atoms with Gasteiger partial charge in [-0.05, 0) is 36.8 Å². The summed E-state index contributed by atoms with van der Waals surface area (Å²) < 4.78 is 7.15. The molecule has 0 aliphatic carbocycles. The Balaban J connectivity index is 0.000000691. The summed E-state index contributed by atoms with van der Waals surface area (Å²) in [6.07, 6.45) is 1.66. The number of pyridine rings is 2. The van der Waals surface area contributed by atoms with E-state index in [9.17, 15) is 0 Å². The summed E-state index contributed by atoms with van der Waals surface area (Å²) in [4.78, 5) is 8.81. The Labute approximate surface area is 185 Å². The molecule has 0 fully saturated rings. The highest BCUT2D eigenvalue weighted by Crippen LogP contribution is 2.22. The van der Waals surface area contributed by atoms with Gasteiger partial charge < -0.3 is 4.74 Å². The third-order valence-corrected chi connectivity index (χ3v) is 4.20. The van der Waals surface area contributed by atoms with Gasteiger partial charge in [-0.15, -0.1) is 0 Å². The van der Waals surface area contributed by atoms with Crippen LogP contribution >= 0.6 is 11.6 Å². The van der Waals surface area contributed by atoms with Crippen LogP contribution in [0.2, 0.25) is 5.02 Å². The van der Waals surface area contributed by atoms with Crippen LogP contribution in [0.25, 0.3) is 21.9 Å². The van der Waals surface area contributed by atoms with Gasteiger partial charge in [0.2, 0.25) is 5.88 Å². The lowest BCUT2D eigenvalue weighted by atomic mass is 10.1. The fourth-order valence-electron chi connectivity index (χ4n) is 2.85. The number of ether oxygens (including phenoxy) is 1. The molecule has 0 saturated heterocycles. The van der Waals surface area contributed by atoms with E-state index >= 15 is 0 Å². The summed E-state index contributed by atoms with van der Waals surface area (Å²) >= 11 is 6.04. The van der Waals surface area contributed by atoms with Gasteiger partial charge in [0.1, 0.15) is 5.52 Å². The average Bonchev–Trinajstić information content (AvgIpc) is 3.12. The first kappa shape index (κ1) is 25.4. The van der Waals surface area contributed by atoms with Crippen molar-refractivity contribution < 1.29 is 4.74 Å². The molecule has 5 nitrogen and oxygen atoms in total. The number of aromatic nitrogens is 4. The Morgan fingerprint density at radius 2 is 1.67 bits per heavy atom. The maximum absolute atomic E-state index is 6.04. The standard InChI is InChI=1S/C18H15ClN4O.3C2H6/c1-11-18-16(5-6-17(21-18)24-2)23(22-11)10-12-3-4-15-13(7-12)8-14(19)9-20-15;3*1-2/h3-9H,10H2,1-2H3;3*1-2H3. The number of hydrogen-bond acceptors (Lipinski definition) is 4. The molecule has 0 aliphatic heterocycles. The van der Waals surface area contributed by atoms with Crippen LogP contribution in [-0.2, 0) is 6.54 Å². The molecule has 0 unspecified atom stereocenters. The van der Waals surface area contributed by atoms with Crippen LogP contribution in [0, 0.1) is 6.92 Å².